The summed E-state index contributed by atoms with van der Waals surface area (Å²) in [7, 11) is 1.96. The number of aryl methyl sites for hydroxylation is 3. The third-order valence-corrected chi connectivity index (χ3v) is 3.62. The number of hydrogen-bond acceptors (Lipinski definition) is 2. The Morgan fingerprint density at radius 3 is 2.72 bits per heavy atom. The first kappa shape index (κ1) is 13.1. The van der Waals surface area contributed by atoms with Crippen molar-refractivity contribution >= 4 is 11.0 Å². The Morgan fingerprint density at radius 1 is 1.28 bits per heavy atom. The Kier molecular flexibility index (Phi) is 4.02. The zero-order valence-electron chi connectivity index (χ0n) is 11.5. The van der Waals surface area contributed by atoms with E-state index in [1.54, 1.807) is 0 Å². The maximum absolute atomic E-state index is 9.25. The van der Waals surface area contributed by atoms with E-state index in [4.69, 9.17) is 0 Å². The Hall–Kier alpha value is -1.35. The van der Waals surface area contributed by atoms with Crippen LogP contribution in [0, 0.1) is 6.92 Å². The normalized spacial score (nSPS) is 11.3. The highest BCUT2D eigenvalue weighted by Crippen LogP contribution is 2.22. The van der Waals surface area contributed by atoms with E-state index in [2.05, 4.69) is 31.0 Å². The highest BCUT2D eigenvalue weighted by atomic mass is 16.3. The van der Waals surface area contributed by atoms with Gasteiger partial charge in [-0.1, -0.05) is 19.8 Å². The largest absolute Gasteiger partial charge is 0.388 e. The van der Waals surface area contributed by atoms with Crippen LogP contribution in [0.1, 0.15) is 43.1 Å². The predicted molar refractivity (Wildman–Crippen MR) is 74.6 cm³/mol. The van der Waals surface area contributed by atoms with E-state index in [0.717, 1.165) is 23.3 Å². The second-order valence-corrected chi connectivity index (χ2v) is 4.97. The molecular weight excluding hydrogens is 224 g/mol. The first-order valence-electron chi connectivity index (χ1n) is 6.73. The molecule has 3 heteroatoms. The van der Waals surface area contributed by atoms with Crippen molar-refractivity contribution in [2.24, 2.45) is 7.05 Å². The van der Waals surface area contributed by atoms with Crippen molar-refractivity contribution in [2.45, 2.75) is 46.1 Å². The molecule has 0 spiro atoms. The van der Waals surface area contributed by atoms with Gasteiger partial charge in [0.15, 0.2) is 0 Å². The summed E-state index contributed by atoms with van der Waals surface area (Å²) < 4.78 is 1.97. The summed E-state index contributed by atoms with van der Waals surface area (Å²) in [6, 6.07) is 4.36. The number of aliphatic hydroxyl groups excluding tert-OH is 1. The summed E-state index contributed by atoms with van der Waals surface area (Å²) in [6.07, 6.45) is 4.89. The van der Waals surface area contributed by atoms with Crippen molar-refractivity contribution in [3.05, 3.63) is 29.1 Å². The van der Waals surface area contributed by atoms with Gasteiger partial charge in [-0.3, -0.25) is 0 Å². The number of imidazole rings is 1. The highest BCUT2D eigenvalue weighted by Gasteiger charge is 2.09. The van der Waals surface area contributed by atoms with E-state index < -0.39 is 0 Å². The van der Waals surface area contributed by atoms with Crippen LogP contribution in [0.4, 0.5) is 0 Å². The lowest BCUT2D eigenvalue weighted by atomic mass is 10.0. The van der Waals surface area contributed by atoms with Crippen molar-refractivity contribution in [3.63, 3.8) is 0 Å². The molecule has 2 rings (SSSR count). The van der Waals surface area contributed by atoms with Gasteiger partial charge in [-0.2, -0.15) is 0 Å². The summed E-state index contributed by atoms with van der Waals surface area (Å²) >= 11 is 0. The van der Waals surface area contributed by atoms with E-state index in [1.165, 1.54) is 30.4 Å². The maximum atomic E-state index is 9.25. The number of benzene rings is 1. The maximum Gasteiger partial charge on any atom is 0.135 e. The molecule has 0 saturated heterocycles. The van der Waals surface area contributed by atoms with Crippen molar-refractivity contribution in [1.82, 2.24) is 9.55 Å². The smallest absolute Gasteiger partial charge is 0.135 e. The zero-order valence-corrected chi connectivity index (χ0v) is 11.5. The number of nitrogens with zero attached hydrogens (tertiary/aromatic N) is 2. The molecule has 0 bridgehead atoms. The van der Waals surface area contributed by atoms with E-state index in [-0.39, 0.29) is 6.61 Å². The Balaban J connectivity index is 2.36. The first-order chi connectivity index (χ1) is 8.67. The van der Waals surface area contributed by atoms with E-state index in [0.29, 0.717) is 0 Å². The van der Waals surface area contributed by atoms with Crippen molar-refractivity contribution in [2.75, 3.05) is 0 Å². The van der Waals surface area contributed by atoms with Gasteiger partial charge in [0.25, 0.3) is 0 Å². The fraction of sp³-hybridized carbons (Fsp3) is 0.533. The minimum Gasteiger partial charge on any atom is -0.388 e. The molecule has 0 aliphatic heterocycles. The SMILES string of the molecule is CCCCCc1cc2nc(CO)n(C)c2cc1C. The lowest BCUT2D eigenvalue weighted by Crippen LogP contribution is -1.97. The number of unbranched alkanes of at least 4 members (excludes halogenated alkanes) is 2. The molecule has 1 N–H and O–H groups in total. The van der Waals surface area contributed by atoms with E-state index in [9.17, 15) is 5.11 Å². The van der Waals surface area contributed by atoms with Crippen LogP contribution in [0.5, 0.6) is 0 Å². The van der Waals surface area contributed by atoms with Crippen LogP contribution in [0.15, 0.2) is 12.1 Å². The molecule has 0 saturated carbocycles. The zero-order chi connectivity index (χ0) is 13.1. The molecule has 98 valence electrons. The third-order valence-electron chi connectivity index (χ3n) is 3.62. The highest BCUT2D eigenvalue weighted by molar-refractivity contribution is 5.78. The predicted octanol–water partition coefficient (Wildman–Crippen LogP) is 3.11. The molecule has 0 atom stereocenters. The standard InChI is InChI=1S/C15H22N2O/c1-4-5-6-7-12-9-13-14(8-11(12)2)17(3)15(10-18)16-13/h8-9,18H,4-7,10H2,1-3H3. The average Bonchev–Trinajstić information content (AvgIpc) is 2.67. The van der Waals surface area contributed by atoms with Crippen LogP contribution >= 0.6 is 0 Å². The van der Waals surface area contributed by atoms with Crippen molar-refractivity contribution in [3.8, 4) is 0 Å². The van der Waals surface area contributed by atoms with E-state index >= 15 is 0 Å². The molecular formula is C15H22N2O. The Bertz CT molecular complexity index is 543. The van der Waals surface area contributed by atoms with Gasteiger partial charge in [0.1, 0.15) is 12.4 Å². The monoisotopic (exact) mass is 246 g/mol. The molecule has 2 aromatic rings. The molecule has 0 amide bonds. The Morgan fingerprint density at radius 2 is 2.06 bits per heavy atom. The number of rotatable bonds is 5. The van der Waals surface area contributed by atoms with Gasteiger partial charge in [0, 0.05) is 7.05 Å². The van der Waals surface area contributed by atoms with Crippen LogP contribution in [-0.2, 0) is 20.1 Å². The third kappa shape index (κ3) is 2.41. The lowest BCUT2D eigenvalue weighted by molar-refractivity contribution is 0.268. The van der Waals surface area contributed by atoms with Crippen LogP contribution in [-0.4, -0.2) is 14.7 Å². The molecule has 3 nitrogen and oxygen atoms in total. The molecule has 0 aliphatic carbocycles. The molecule has 1 heterocycles. The number of aliphatic hydroxyl groups is 1. The quantitative estimate of drug-likeness (QED) is 0.823. The molecule has 1 aromatic carbocycles. The topological polar surface area (TPSA) is 38.1 Å². The number of hydrogen-bond donors (Lipinski definition) is 1. The fourth-order valence-electron chi connectivity index (χ4n) is 2.41. The minimum atomic E-state index is -0.00457. The van der Waals surface area contributed by atoms with Gasteiger partial charge < -0.3 is 9.67 Å². The second kappa shape index (κ2) is 5.53. The molecule has 0 radical (unpaired) electrons. The lowest BCUT2D eigenvalue weighted by Gasteiger charge is -2.06. The van der Waals surface area contributed by atoms with Crippen LogP contribution in [0.3, 0.4) is 0 Å². The summed E-state index contributed by atoms with van der Waals surface area (Å²) in [5.41, 5.74) is 4.82. The van der Waals surface area contributed by atoms with Gasteiger partial charge in [0.2, 0.25) is 0 Å². The van der Waals surface area contributed by atoms with Gasteiger partial charge in [-0.05, 0) is 43.0 Å². The minimum absolute atomic E-state index is 0.00457. The van der Waals surface area contributed by atoms with Crippen molar-refractivity contribution < 1.29 is 5.11 Å². The average molecular weight is 246 g/mol. The van der Waals surface area contributed by atoms with Crippen LogP contribution in [0.2, 0.25) is 0 Å². The number of aromatic nitrogens is 2. The van der Waals surface area contributed by atoms with Gasteiger partial charge in [0.05, 0.1) is 11.0 Å². The van der Waals surface area contributed by atoms with Crippen molar-refractivity contribution in [1.29, 1.82) is 0 Å². The molecule has 0 aliphatic rings. The first-order valence-corrected chi connectivity index (χ1v) is 6.73. The van der Waals surface area contributed by atoms with Gasteiger partial charge >= 0.3 is 0 Å². The van der Waals surface area contributed by atoms with Crippen LogP contribution < -0.4 is 0 Å². The molecule has 0 unspecified atom stereocenters. The fourth-order valence-corrected chi connectivity index (χ4v) is 2.41. The molecule has 18 heavy (non-hydrogen) atoms. The molecule has 0 fully saturated rings. The molecule has 1 aromatic heterocycles. The summed E-state index contributed by atoms with van der Waals surface area (Å²) in [6.45, 7) is 4.38. The Labute approximate surface area is 108 Å². The number of fused-ring (bicyclic) bond motifs is 1. The summed E-state index contributed by atoms with van der Waals surface area (Å²) in [5, 5.41) is 9.25. The van der Waals surface area contributed by atoms with Gasteiger partial charge in [-0.15, -0.1) is 0 Å². The van der Waals surface area contributed by atoms with E-state index in [1.807, 2.05) is 11.6 Å². The van der Waals surface area contributed by atoms with Gasteiger partial charge in [-0.25, -0.2) is 4.98 Å². The summed E-state index contributed by atoms with van der Waals surface area (Å²) in [4.78, 5) is 4.47. The second-order valence-electron chi connectivity index (χ2n) is 4.97. The van der Waals surface area contributed by atoms with Crippen LogP contribution in [0.25, 0.3) is 11.0 Å². The summed E-state index contributed by atoms with van der Waals surface area (Å²) in [5.74, 6) is 0.732.